The molecule has 0 bridgehead atoms. The summed E-state index contributed by atoms with van der Waals surface area (Å²) in [6.45, 7) is 1.15. The first kappa shape index (κ1) is 14.8. The zero-order valence-electron chi connectivity index (χ0n) is 10.6. The Balaban J connectivity index is 2.46. The van der Waals surface area contributed by atoms with Crippen molar-refractivity contribution in [3.8, 4) is 0 Å². The van der Waals surface area contributed by atoms with Crippen LogP contribution in [0.5, 0.6) is 0 Å². The number of nitrogen functional groups attached to an aromatic ring is 1. The van der Waals surface area contributed by atoms with Crippen LogP contribution in [0.1, 0.15) is 0 Å². The van der Waals surface area contributed by atoms with E-state index in [1.807, 2.05) is 18.2 Å². The van der Waals surface area contributed by atoms with Crippen molar-refractivity contribution in [3.63, 3.8) is 0 Å². The van der Waals surface area contributed by atoms with Gasteiger partial charge < -0.3 is 11.1 Å². The summed E-state index contributed by atoms with van der Waals surface area (Å²) in [5.74, 6) is 0.363. The highest BCUT2D eigenvalue weighted by atomic mass is 32.2. The van der Waals surface area contributed by atoms with E-state index in [1.54, 1.807) is 11.8 Å². The maximum Gasteiger partial charge on any atom is 0.238 e. The van der Waals surface area contributed by atoms with Crippen LogP contribution in [0.3, 0.4) is 0 Å². The van der Waals surface area contributed by atoms with E-state index in [2.05, 4.69) is 5.32 Å². The van der Waals surface area contributed by atoms with Crippen molar-refractivity contribution in [2.24, 2.45) is 0 Å². The number of nitrogens with one attached hydrogen (secondary N) is 1. The Morgan fingerprint density at radius 2 is 2.28 bits per heavy atom. The molecule has 0 saturated heterocycles. The van der Waals surface area contributed by atoms with Crippen LogP contribution in [0.25, 0.3) is 0 Å². The van der Waals surface area contributed by atoms with Gasteiger partial charge in [0.25, 0.3) is 0 Å². The molecule has 0 aliphatic heterocycles. The summed E-state index contributed by atoms with van der Waals surface area (Å²) in [6.07, 6.45) is 2.02. The molecule has 0 aliphatic rings. The molecule has 4 nitrogen and oxygen atoms in total. The van der Waals surface area contributed by atoms with Crippen molar-refractivity contribution >= 4 is 29.0 Å². The quantitative estimate of drug-likeness (QED) is 0.772. The van der Waals surface area contributed by atoms with E-state index < -0.39 is 5.82 Å². The third kappa shape index (κ3) is 4.93. The average Bonchev–Trinajstić information content (AvgIpc) is 2.31. The molecule has 0 spiro atoms. The molecule has 0 saturated carbocycles. The van der Waals surface area contributed by atoms with E-state index in [9.17, 15) is 9.18 Å². The zero-order chi connectivity index (χ0) is 13.5. The minimum absolute atomic E-state index is 0.0311. The fourth-order valence-corrected chi connectivity index (χ4v) is 1.89. The van der Waals surface area contributed by atoms with Gasteiger partial charge in [-0.2, -0.15) is 11.8 Å². The first-order valence-corrected chi connectivity index (χ1v) is 6.94. The second-order valence-electron chi connectivity index (χ2n) is 4.02. The van der Waals surface area contributed by atoms with Gasteiger partial charge in [-0.1, -0.05) is 0 Å². The number of amides is 1. The van der Waals surface area contributed by atoms with Crippen molar-refractivity contribution in [3.05, 3.63) is 24.0 Å². The number of rotatable bonds is 6. The molecular weight excluding hydrogens is 253 g/mol. The normalized spacial score (nSPS) is 10.7. The second-order valence-corrected chi connectivity index (χ2v) is 5.00. The largest absolute Gasteiger partial charge is 0.396 e. The van der Waals surface area contributed by atoms with Gasteiger partial charge in [-0.15, -0.1) is 0 Å². The second kappa shape index (κ2) is 7.23. The number of hydrogen-bond acceptors (Lipinski definition) is 4. The molecule has 1 amide bonds. The maximum absolute atomic E-state index is 12.9. The van der Waals surface area contributed by atoms with Crippen LogP contribution in [-0.2, 0) is 4.79 Å². The SMILES string of the molecule is CSCCN(C)CC(=O)Nc1ccc(F)c(N)c1. The lowest BCUT2D eigenvalue weighted by Gasteiger charge is -2.15. The molecule has 3 N–H and O–H groups in total. The Morgan fingerprint density at radius 1 is 1.56 bits per heavy atom. The number of nitrogens with zero attached hydrogens (tertiary/aromatic N) is 1. The topological polar surface area (TPSA) is 58.4 Å². The number of thioether (sulfide) groups is 1. The van der Waals surface area contributed by atoms with E-state index in [-0.39, 0.29) is 11.6 Å². The molecule has 18 heavy (non-hydrogen) atoms. The number of carbonyl (C=O) groups is 1. The number of carbonyl (C=O) groups excluding carboxylic acids is 1. The molecule has 0 aromatic heterocycles. The first-order chi connectivity index (χ1) is 8.52. The Labute approximate surface area is 111 Å². The highest BCUT2D eigenvalue weighted by Gasteiger charge is 2.07. The van der Waals surface area contributed by atoms with Crippen molar-refractivity contribution in [1.29, 1.82) is 0 Å². The van der Waals surface area contributed by atoms with Crippen LogP contribution in [0.15, 0.2) is 18.2 Å². The first-order valence-electron chi connectivity index (χ1n) is 5.55. The van der Waals surface area contributed by atoms with Crippen LogP contribution >= 0.6 is 11.8 Å². The van der Waals surface area contributed by atoms with Gasteiger partial charge >= 0.3 is 0 Å². The van der Waals surface area contributed by atoms with E-state index >= 15 is 0 Å². The molecule has 1 aromatic rings. The average molecular weight is 271 g/mol. The van der Waals surface area contributed by atoms with Gasteiger partial charge in [0.05, 0.1) is 12.2 Å². The lowest BCUT2D eigenvalue weighted by Crippen LogP contribution is -2.31. The van der Waals surface area contributed by atoms with Crippen molar-refractivity contribution in [2.75, 3.05) is 43.2 Å². The van der Waals surface area contributed by atoms with E-state index in [0.717, 1.165) is 12.3 Å². The smallest absolute Gasteiger partial charge is 0.238 e. The van der Waals surface area contributed by atoms with Gasteiger partial charge in [-0.3, -0.25) is 9.69 Å². The summed E-state index contributed by atoms with van der Waals surface area (Å²) in [6, 6.07) is 4.14. The minimum atomic E-state index is -0.481. The third-order valence-electron chi connectivity index (χ3n) is 2.37. The van der Waals surface area contributed by atoms with Gasteiger partial charge in [0.1, 0.15) is 5.82 Å². The molecule has 0 unspecified atom stereocenters. The van der Waals surface area contributed by atoms with Gasteiger partial charge in [0.15, 0.2) is 0 Å². The molecule has 100 valence electrons. The zero-order valence-corrected chi connectivity index (χ0v) is 11.4. The molecule has 0 heterocycles. The fourth-order valence-electron chi connectivity index (χ4n) is 1.39. The Kier molecular flexibility index (Phi) is 5.94. The van der Waals surface area contributed by atoms with Gasteiger partial charge in [0, 0.05) is 18.0 Å². The molecule has 0 aliphatic carbocycles. The monoisotopic (exact) mass is 271 g/mol. The standard InChI is InChI=1S/C12H18FN3OS/c1-16(5-6-18-2)8-12(17)15-9-3-4-10(13)11(14)7-9/h3-4,7H,5-6,8,14H2,1-2H3,(H,15,17). The summed E-state index contributed by atoms with van der Waals surface area (Å²) >= 11 is 1.73. The number of anilines is 2. The maximum atomic E-state index is 12.9. The Bertz CT molecular complexity index is 414. The fraction of sp³-hybridized carbons (Fsp3) is 0.417. The van der Waals surface area contributed by atoms with Crippen molar-refractivity contribution in [1.82, 2.24) is 4.90 Å². The number of likely N-dealkylation sites (N-methyl/N-ethyl adjacent to an activating group) is 1. The molecule has 1 aromatic carbocycles. The molecule has 0 fully saturated rings. The molecule has 0 radical (unpaired) electrons. The predicted molar refractivity (Wildman–Crippen MR) is 75.3 cm³/mol. The molecule has 6 heteroatoms. The third-order valence-corrected chi connectivity index (χ3v) is 2.96. The number of halogens is 1. The Morgan fingerprint density at radius 3 is 2.89 bits per heavy atom. The summed E-state index contributed by atoms with van der Waals surface area (Å²) in [7, 11) is 1.88. The van der Waals surface area contributed by atoms with Gasteiger partial charge in [0.2, 0.25) is 5.91 Å². The van der Waals surface area contributed by atoms with Crippen LogP contribution in [0.4, 0.5) is 15.8 Å². The van der Waals surface area contributed by atoms with Gasteiger partial charge in [-0.25, -0.2) is 4.39 Å². The van der Waals surface area contributed by atoms with Crippen LogP contribution in [0.2, 0.25) is 0 Å². The summed E-state index contributed by atoms with van der Waals surface area (Å²) in [5, 5.41) is 2.68. The Hall–Kier alpha value is -1.27. The minimum Gasteiger partial charge on any atom is -0.396 e. The van der Waals surface area contributed by atoms with E-state index in [0.29, 0.717) is 12.2 Å². The lowest BCUT2D eigenvalue weighted by atomic mass is 10.2. The van der Waals surface area contributed by atoms with Crippen molar-refractivity contribution in [2.45, 2.75) is 0 Å². The van der Waals surface area contributed by atoms with Crippen LogP contribution in [0, 0.1) is 5.82 Å². The number of hydrogen-bond donors (Lipinski definition) is 2. The number of benzene rings is 1. The lowest BCUT2D eigenvalue weighted by molar-refractivity contribution is -0.117. The highest BCUT2D eigenvalue weighted by Crippen LogP contribution is 2.16. The summed E-state index contributed by atoms with van der Waals surface area (Å²) < 4.78 is 12.9. The summed E-state index contributed by atoms with van der Waals surface area (Å²) in [5.41, 5.74) is 5.97. The van der Waals surface area contributed by atoms with Crippen LogP contribution in [-0.4, -0.2) is 43.0 Å². The van der Waals surface area contributed by atoms with Crippen LogP contribution < -0.4 is 11.1 Å². The predicted octanol–water partition coefficient (Wildman–Crippen LogP) is 1.64. The van der Waals surface area contributed by atoms with Crippen molar-refractivity contribution < 1.29 is 9.18 Å². The van der Waals surface area contributed by atoms with E-state index in [4.69, 9.17) is 5.73 Å². The van der Waals surface area contributed by atoms with Gasteiger partial charge in [-0.05, 0) is 31.5 Å². The molecule has 1 rings (SSSR count). The molecule has 0 atom stereocenters. The number of nitrogens with two attached hydrogens (primary N) is 1. The molecular formula is C12H18FN3OS. The van der Waals surface area contributed by atoms with E-state index in [1.165, 1.54) is 18.2 Å². The highest BCUT2D eigenvalue weighted by molar-refractivity contribution is 7.98. The summed E-state index contributed by atoms with van der Waals surface area (Å²) in [4.78, 5) is 13.6.